The van der Waals surface area contributed by atoms with E-state index in [1.165, 1.54) is 37.1 Å². The van der Waals surface area contributed by atoms with Crippen LogP contribution in [0.1, 0.15) is 30.9 Å². The van der Waals surface area contributed by atoms with E-state index >= 15 is 0 Å². The predicted molar refractivity (Wildman–Crippen MR) is 106 cm³/mol. The molecule has 3 N–H and O–H groups in total. The van der Waals surface area contributed by atoms with E-state index in [1.54, 1.807) is 0 Å². The van der Waals surface area contributed by atoms with Crippen LogP contribution < -0.4 is 11.1 Å². The maximum absolute atomic E-state index is 5.96. The highest BCUT2D eigenvalue weighted by Gasteiger charge is 2.14. The maximum Gasteiger partial charge on any atom is 0.193 e. The molecule has 0 spiro atoms. The van der Waals surface area contributed by atoms with E-state index in [9.17, 15) is 0 Å². The predicted octanol–water partition coefficient (Wildman–Crippen LogP) is 3.38. The zero-order valence-corrected chi connectivity index (χ0v) is 16.3. The van der Waals surface area contributed by atoms with Gasteiger partial charge in [-0.25, -0.2) is 0 Å². The van der Waals surface area contributed by atoms with Crippen molar-refractivity contribution in [3.63, 3.8) is 0 Å². The third-order valence-corrected chi connectivity index (χ3v) is 4.07. The molecule has 4 nitrogen and oxygen atoms in total. The Morgan fingerprint density at radius 1 is 1.23 bits per heavy atom. The van der Waals surface area contributed by atoms with Crippen molar-refractivity contribution in [2.45, 2.75) is 33.6 Å². The first-order chi connectivity index (χ1) is 10.0. The minimum Gasteiger partial charge on any atom is -0.370 e. The number of nitrogens with one attached hydrogen (secondary N) is 1. The summed E-state index contributed by atoms with van der Waals surface area (Å²) in [5.41, 5.74) is 9.44. The first-order valence-corrected chi connectivity index (χ1v) is 7.90. The van der Waals surface area contributed by atoms with E-state index in [2.05, 4.69) is 54.2 Å². The lowest BCUT2D eigenvalue weighted by molar-refractivity contribution is 0.197. The number of piperidine rings is 1. The molecule has 1 aliphatic rings. The van der Waals surface area contributed by atoms with Crippen molar-refractivity contribution >= 4 is 35.6 Å². The van der Waals surface area contributed by atoms with E-state index in [1.807, 2.05) is 0 Å². The summed E-state index contributed by atoms with van der Waals surface area (Å²) >= 11 is 0. The van der Waals surface area contributed by atoms with Gasteiger partial charge in [0.25, 0.3) is 0 Å². The highest BCUT2D eigenvalue weighted by Crippen LogP contribution is 2.15. The zero-order valence-electron chi connectivity index (χ0n) is 13.9. The summed E-state index contributed by atoms with van der Waals surface area (Å²) in [5, 5.41) is 3.18. The molecule has 1 aromatic carbocycles. The molecule has 1 aliphatic heterocycles. The summed E-state index contributed by atoms with van der Waals surface area (Å²) < 4.78 is 0. The van der Waals surface area contributed by atoms with Crippen LogP contribution in [0.25, 0.3) is 0 Å². The average molecular weight is 416 g/mol. The Balaban J connectivity index is 0.00000242. The number of nitrogens with two attached hydrogens (primary N) is 1. The molecule has 0 saturated carbocycles. The van der Waals surface area contributed by atoms with Gasteiger partial charge < -0.3 is 16.0 Å². The molecule has 0 unspecified atom stereocenters. The van der Waals surface area contributed by atoms with Gasteiger partial charge >= 0.3 is 0 Å². The van der Waals surface area contributed by atoms with Crippen molar-refractivity contribution in [3.8, 4) is 0 Å². The second kappa shape index (κ2) is 9.35. The number of rotatable bonds is 4. The van der Waals surface area contributed by atoms with Crippen molar-refractivity contribution in [3.05, 3.63) is 29.3 Å². The molecule has 22 heavy (non-hydrogen) atoms. The van der Waals surface area contributed by atoms with Gasteiger partial charge in [0.15, 0.2) is 5.96 Å². The van der Waals surface area contributed by atoms with Crippen LogP contribution in [0.15, 0.2) is 23.2 Å². The third kappa shape index (κ3) is 6.52. The lowest BCUT2D eigenvalue weighted by Gasteiger charge is -2.29. The van der Waals surface area contributed by atoms with Crippen LogP contribution in [0.4, 0.5) is 5.69 Å². The quantitative estimate of drug-likeness (QED) is 0.450. The number of hydrogen-bond donors (Lipinski definition) is 2. The lowest BCUT2D eigenvalue weighted by atomic mass is 9.99. The van der Waals surface area contributed by atoms with Gasteiger partial charge in [0.1, 0.15) is 0 Å². The fourth-order valence-corrected chi connectivity index (χ4v) is 2.83. The zero-order chi connectivity index (χ0) is 15.2. The number of likely N-dealkylation sites (tertiary alicyclic amines) is 1. The Labute approximate surface area is 151 Å². The van der Waals surface area contributed by atoms with Crippen LogP contribution in [-0.2, 0) is 0 Å². The summed E-state index contributed by atoms with van der Waals surface area (Å²) in [6.07, 6.45) is 2.61. The van der Waals surface area contributed by atoms with Crippen LogP contribution in [0, 0.1) is 19.8 Å². The van der Waals surface area contributed by atoms with Crippen LogP contribution >= 0.6 is 24.0 Å². The van der Waals surface area contributed by atoms with E-state index in [-0.39, 0.29) is 24.0 Å². The van der Waals surface area contributed by atoms with Crippen molar-refractivity contribution in [1.29, 1.82) is 0 Å². The van der Waals surface area contributed by atoms with Crippen LogP contribution in [0.3, 0.4) is 0 Å². The van der Waals surface area contributed by atoms with Gasteiger partial charge in [0, 0.05) is 12.2 Å². The second-order valence-electron chi connectivity index (χ2n) is 6.29. The van der Waals surface area contributed by atoms with Crippen molar-refractivity contribution < 1.29 is 0 Å². The first kappa shape index (κ1) is 19.2. The Morgan fingerprint density at radius 3 is 2.41 bits per heavy atom. The molecule has 0 amide bonds. The number of anilines is 1. The van der Waals surface area contributed by atoms with Gasteiger partial charge in [0.2, 0.25) is 0 Å². The molecule has 0 aliphatic carbocycles. The molecule has 2 rings (SSSR count). The van der Waals surface area contributed by atoms with Crippen molar-refractivity contribution in [2.75, 3.05) is 31.5 Å². The van der Waals surface area contributed by atoms with Gasteiger partial charge in [-0.15, -0.1) is 24.0 Å². The molecule has 1 aromatic rings. The van der Waals surface area contributed by atoms with Crippen LogP contribution in [0.5, 0.6) is 0 Å². The molecule has 1 saturated heterocycles. The molecule has 124 valence electrons. The monoisotopic (exact) mass is 416 g/mol. The van der Waals surface area contributed by atoms with E-state index < -0.39 is 0 Å². The molecule has 0 aromatic heterocycles. The second-order valence-corrected chi connectivity index (χ2v) is 6.29. The fraction of sp³-hybridized carbons (Fsp3) is 0.588. The van der Waals surface area contributed by atoms with Gasteiger partial charge in [-0.3, -0.25) is 4.99 Å². The van der Waals surface area contributed by atoms with Crippen molar-refractivity contribution in [2.24, 2.45) is 16.6 Å². The number of hydrogen-bond acceptors (Lipinski definition) is 2. The van der Waals surface area contributed by atoms with E-state index in [0.717, 1.165) is 24.7 Å². The topological polar surface area (TPSA) is 53.6 Å². The third-order valence-electron chi connectivity index (χ3n) is 4.07. The summed E-state index contributed by atoms with van der Waals surface area (Å²) in [7, 11) is 0. The number of nitrogens with zero attached hydrogens (tertiary/aromatic N) is 2. The summed E-state index contributed by atoms with van der Waals surface area (Å²) in [4.78, 5) is 6.91. The minimum atomic E-state index is 0. The van der Waals surface area contributed by atoms with Gasteiger partial charge in [-0.05, 0) is 69.0 Å². The molecule has 0 radical (unpaired) electrons. The normalized spacial score (nSPS) is 17.1. The molecule has 5 heteroatoms. The van der Waals surface area contributed by atoms with Gasteiger partial charge in [0.05, 0.1) is 6.54 Å². The molecular formula is C17H29IN4. The fourth-order valence-electron chi connectivity index (χ4n) is 2.83. The number of halogens is 1. The number of guanidine groups is 1. The summed E-state index contributed by atoms with van der Waals surface area (Å²) in [5.74, 6) is 1.38. The van der Waals surface area contributed by atoms with Gasteiger partial charge in [-0.2, -0.15) is 0 Å². The smallest absolute Gasteiger partial charge is 0.193 e. The molecule has 1 heterocycles. The summed E-state index contributed by atoms with van der Waals surface area (Å²) in [6, 6.07) is 6.32. The number of benzene rings is 1. The van der Waals surface area contributed by atoms with Crippen molar-refractivity contribution in [1.82, 2.24) is 4.90 Å². The largest absolute Gasteiger partial charge is 0.370 e. The standard InChI is InChI=1S/C17H28N4.HI/c1-13-4-7-21(8-5-13)9-6-19-17(18)20-16-11-14(2)10-15(3)12-16;/h10-13H,4-9H2,1-3H3,(H3,18,19,20);1H. The van der Waals surface area contributed by atoms with Crippen LogP contribution in [0.2, 0.25) is 0 Å². The van der Waals surface area contributed by atoms with Gasteiger partial charge in [-0.1, -0.05) is 13.0 Å². The van der Waals surface area contributed by atoms with E-state index in [0.29, 0.717) is 5.96 Å². The van der Waals surface area contributed by atoms with E-state index in [4.69, 9.17) is 5.73 Å². The SMILES string of the molecule is Cc1cc(C)cc(NC(N)=NCCN2CCC(C)CC2)c1.I. The Kier molecular flexibility index (Phi) is 8.17. The first-order valence-electron chi connectivity index (χ1n) is 7.90. The number of aryl methyl sites for hydroxylation is 2. The highest BCUT2D eigenvalue weighted by atomic mass is 127. The Morgan fingerprint density at radius 2 is 1.82 bits per heavy atom. The molecule has 0 atom stereocenters. The van der Waals surface area contributed by atoms with Crippen LogP contribution in [-0.4, -0.2) is 37.0 Å². The summed E-state index contributed by atoms with van der Waals surface area (Å²) in [6.45, 7) is 10.7. The minimum absolute atomic E-state index is 0. The number of aliphatic imine (C=N–C) groups is 1. The average Bonchev–Trinajstić information content (AvgIpc) is 2.39. The highest BCUT2D eigenvalue weighted by molar-refractivity contribution is 14.0. The molecule has 0 bridgehead atoms. The maximum atomic E-state index is 5.96. The molecule has 1 fully saturated rings. The molecular weight excluding hydrogens is 387 g/mol. The Hall–Kier alpha value is -0.820. The lowest BCUT2D eigenvalue weighted by Crippen LogP contribution is -2.35. The Bertz CT molecular complexity index is 473.